The molecule has 0 bridgehead atoms. The fourth-order valence-corrected chi connectivity index (χ4v) is 5.12. The van der Waals surface area contributed by atoms with Gasteiger partial charge in [0.25, 0.3) is 0 Å². The fourth-order valence-electron chi connectivity index (χ4n) is 5.12. The largest absolute Gasteiger partial charge is 0.352 e. The van der Waals surface area contributed by atoms with Crippen LogP contribution in [0.4, 0.5) is 22.0 Å². The number of halogens is 1. The Morgan fingerprint density at radius 2 is 1.97 bits per heavy atom. The van der Waals surface area contributed by atoms with Gasteiger partial charge in [-0.1, -0.05) is 12.8 Å². The Kier molecular flexibility index (Phi) is 5.01. The number of hydrogen-bond acceptors (Lipinski definition) is 8. The van der Waals surface area contributed by atoms with Crippen LogP contribution in [0.2, 0.25) is 0 Å². The number of pyridine rings is 1. The molecule has 1 aliphatic heterocycles. The van der Waals surface area contributed by atoms with Crippen LogP contribution in [0.1, 0.15) is 38.6 Å². The van der Waals surface area contributed by atoms with E-state index >= 15 is 0 Å². The highest BCUT2D eigenvalue weighted by atomic mass is 19.1. The van der Waals surface area contributed by atoms with Crippen LogP contribution in [0.15, 0.2) is 30.6 Å². The molecule has 1 saturated heterocycles. The van der Waals surface area contributed by atoms with Gasteiger partial charge in [0.2, 0.25) is 11.9 Å². The van der Waals surface area contributed by atoms with Crippen molar-refractivity contribution in [2.24, 2.45) is 0 Å². The molecule has 6 rings (SSSR count). The molecular formula is C23H26FN9. The summed E-state index contributed by atoms with van der Waals surface area (Å²) in [5, 5.41) is 16.9. The van der Waals surface area contributed by atoms with Crippen molar-refractivity contribution in [3.05, 3.63) is 36.5 Å². The maximum atomic E-state index is 14.8. The number of nitrogens with one attached hydrogen (secondary N) is 2. The summed E-state index contributed by atoms with van der Waals surface area (Å²) in [6.07, 6.45) is 7.55. The lowest BCUT2D eigenvalue weighted by molar-refractivity contribution is 0.481. The second-order valence-corrected chi connectivity index (χ2v) is 8.94. The summed E-state index contributed by atoms with van der Waals surface area (Å²) in [4.78, 5) is 15.4. The molecule has 1 aliphatic carbocycles. The van der Waals surface area contributed by atoms with Crippen LogP contribution >= 0.6 is 0 Å². The van der Waals surface area contributed by atoms with E-state index in [4.69, 9.17) is 4.98 Å². The van der Waals surface area contributed by atoms with E-state index < -0.39 is 5.95 Å². The lowest BCUT2D eigenvalue weighted by atomic mass is 10.2. The van der Waals surface area contributed by atoms with Gasteiger partial charge in [0.1, 0.15) is 11.2 Å². The van der Waals surface area contributed by atoms with Crippen molar-refractivity contribution in [2.75, 3.05) is 29.9 Å². The van der Waals surface area contributed by atoms with E-state index in [0.717, 1.165) is 67.6 Å². The van der Waals surface area contributed by atoms with Crippen molar-refractivity contribution in [3.8, 4) is 0 Å². The molecule has 0 spiro atoms. The van der Waals surface area contributed by atoms with Crippen LogP contribution in [-0.4, -0.2) is 55.4 Å². The number of rotatable bonds is 4. The van der Waals surface area contributed by atoms with Gasteiger partial charge in [0.15, 0.2) is 11.6 Å². The average molecular weight is 448 g/mol. The predicted molar refractivity (Wildman–Crippen MR) is 125 cm³/mol. The second kappa shape index (κ2) is 8.18. The van der Waals surface area contributed by atoms with Gasteiger partial charge in [0.05, 0.1) is 0 Å². The average Bonchev–Trinajstić information content (AvgIpc) is 3.46. The van der Waals surface area contributed by atoms with Crippen LogP contribution < -0.4 is 15.5 Å². The lowest BCUT2D eigenvalue weighted by Crippen LogP contribution is -2.49. The van der Waals surface area contributed by atoms with E-state index in [2.05, 4.69) is 42.6 Å². The summed E-state index contributed by atoms with van der Waals surface area (Å²) < 4.78 is 16.8. The Balaban J connectivity index is 1.34. The van der Waals surface area contributed by atoms with E-state index in [0.29, 0.717) is 23.3 Å². The minimum absolute atomic E-state index is 0.215. The molecule has 4 aromatic rings. The summed E-state index contributed by atoms with van der Waals surface area (Å²) in [5.74, 6) is 1.37. The quantitative estimate of drug-likeness (QED) is 0.459. The van der Waals surface area contributed by atoms with Crippen LogP contribution in [0.3, 0.4) is 0 Å². The van der Waals surface area contributed by atoms with Gasteiger partial charge in [0, 0.05) is 54.9 Å². The first-order valence-electron chi connectivity index (χ1n) is 11.6. The molecule has 2 N–H and O–H groups in total. The van der Waals surface area contributed by atoms with Crippen LogP contribution in [-0.2, 0) is 0 Å². The minimum Gasteiger partial charge on any atom is -0.352 e. The summed E-state index contributed by atoms with van der Waals surface area (Å²) in [7, 11) is 0. The van der Waals surface area contributed by atoms with Crippen LogP contribution in [0.5, 0.6) is 0 Å². The van der Waals surface area contributed by atoms with Gasteiger partial charge in [-0.3, -0.25) is 0 Å². The van der Waals surface area contributed by atoms with Crippen LogP contribution in [0.25, 0.3) is 21.9 Å². The first-order chi connectivity index (χ1) is 16.2. The van der Waals surface area contributed by atoms with Gasteiger partial charge in [-0.15, -0.1) is 10.2 Å². The normalized spacial score (nSPS) is 19.6. The molecule has 9 nitrogen and oxygen atoms in total. The molecule has 5 heterocycles. The molecular weight excluding hydrogens is 421 g/mol. The van der Waals surface area contributed by atoms with Gasteiger partial charge in [-0.2, -0.15) is 9.37 Å². The standard InChI is InChI=1S/C23H26FN9/c1-14-13-32(11-10-25-14)19-7-6-18(30-31-19)28-23-27-12-17-16-8-9-26-21(24)20(16)33(22(17)29-23)15-4-2-3-5-15/h6-9,12,14-15,25H,2-5,10-11,13H2,1H3,(H,27,28,29,30)/t14-/m1/s1. The SMILES string of the molecule is C[C@@H]1CN(c2ccc(Nc3ncc4c5ccnc(F)c5n(C5CCCC5)c4n3)nn2)CCN1. The monoisotopic (exact) mass is 447 g/mol. The topological polar surface area (TPSA) is 96.7 Å². The second-order valence-electron chi connectivity index (χ2n) is 8.94. The Hall–Kier alpha value is -3.40. The number of fused-ring (bicyclic) bond motifs is 3. The van der Waals surface area contributed by atoms with Gasteiger partial charge in [-0.05, 0) is 38.0 Å². The van der Waals surface area contributed by atoms with E-state index in [1.165, 1.54) is 6.20 Å². The Labute approximate surface area is 190 Å². The first-order valence-corrected chi connectivity index (χ1v) is 11.6. The number of piperazine rings is 1. The van der Waals surface area contributed by atoms with Crippen LogP contribution in [0, 0.1) is 5.95 Å². The summed E-state index contributed by atoms with van der Waals surface area (Å²) >= 11 is 0. The molecule has 33 heavy (non-hydrogen) atoms. The summed E-state index contributed by atoms with van der Waals surface area (Å²) in [6, 6.07) is 6.32. The van der Waals surface area contributed by atoms with Crippen molar-refractivity contribution in [3.63, 3.8) is 0 Å². The Bertz CT molecular complexity index is 1300. The first kappa shape index (κ1) is 20.2. The number of aromatic nitrogens is 6. The third kappa shape index (κ3) is 3.64. The number of anilines is 3. The minimum atomic E-state index is -0.462. The smallest absolute Gasteiger partial charge is 0.237 e. The van der Waals surface area contributed by atoms with E-state index in [9.17, 15) is 4.39 Å². The van der Waals surface area contributed by atoms with Gasteiger partial charge in [-0.25, -0.2) is 9.97 Å². The zero-order valence-corrected chi connectivity index (χ0v) is 18.5. The third-order valence-corrected chi connectivity index (χ3v) is 6.68. The van der Waals surface area contributed by atoms with Crippen molar-refractivity contribution in [1.29, 1.82) is 0 Å². The Morgan fingerprint density at radius 1 is 1.09 bits per heavy atom. The Morgan fingerprint density at radius 3 is 2.76 bits per heavy atom. The highest BCUT2D eigenvalue weighted by molar-refractivity contribution is 6.06. The fraction of sp³-hybridized carbons (Fsp3) is 0.435. The molecule has 0 aromatic carbocycles. The van der Waals surface area contributed by atoms with Gasteiger partial charge >= 0.3 is 0 Å². The molecule has 0 radical (unpaired) electrons. The summed E-state index contributed by atoms with van der Waals surface area (Å²) in [5.41, 5.74) is 1.24. The predicted octanol–water partition coefficient (Wildman–Crippen LogP) is 3.57. The van der Waals surface area contributed by atoms with Crippen molar-refractivity contribution in [1.82, 2.24) is 35.0 Å². The highest BCUT2D eigenvalue weighted by Crippen LogP contribution is 2.38. The van der Waals surface area contributed by atoms with E-state index in [1.807, 2.05) is 22.8 Å². The van der Waals surface area contributed by atoms with E-state index in [-0.39, 0.29) is 6.04 Å². The maximum Gasteiger partial charge on any atom is 0.237 e. The molecule has 1 saturated carbocycles. The molecule has 4 aromatic heterocycles. The zero-order chi connectivity index (χ0) is 22.4. The zero-order valence-electron chi connectivity index (χ0n) is 18.5. The molecule has 170 valence electrons. The lowest BCUT2D eigenvalue weighted by Gasteiger charge is -2.32. The highest BCUT2D eigenvalue weighted by Gasteiger charge is 2.25. The molecule has 2 fully saturated rings. The molecule has 0 amide bonds. The third-order valence-electron chi connectivity index (χ3n) is 6.68. The summed E-state index contributed by atoms with van der Waals surface area (Å²) in [6.45, 7) is 4.90. The van der Waals surface area contributed by atoms with Crippen molar-refractivity contribution in [2.45, 2.75) is 44.7 Å². The molecule has 1 atom stereocenters. The maximum absolute atomic E-state index is 14.8. The van der Waals surface area contributed by atoms with E-state index in [1.54, 1.807) is 6.20 Å². The molecule has 10 heteroatoms. The van der Waals surface area contributed by atoms with Crippen molar-refractivity contribution >= 4 is 39.5 Å². The molecule has 2 aliphatic rings. The molecule has 0 unspecified atom stereocenters. The number of nitrogens with zero attached hydrogens (tertiary/aromatic N) is 7. The van der Waals surface area contributed by atoms with Gasteiger partial charge < -0.3 is 20.1 Å². The van der Waals surface area contributed by atoms with Crippen molar-refractivity contribution < 1.29 is 4.39 Å². The number of hydrogen-bond donors (Lipinski definition) is 2.